The van der Waals surface area contributed by atoms with E-state index in [9.17, 15) is 0 Å². The Labute approximate surface area is 124 Å². The molecule has 0 saturated carbocycles. The summed E-state index contributed by atoms with van der Waals surface area (Å²) in [5.74, 6) is 2.89. The van der Waals surface area contributed by atoms with E-state index in [4.69, 9.17) is 9.51 Å². The van der Waals surface area contributed by atoms with Crippen LogP contribution in [0.4, 0.5) is 0 Å². The van der Waals surface area contributed by atoms with Gasteiger partial charge in [-0.15, -0.1) is 11.8 Å². The summed E-state index contributed by atoms with van der Waals surface area (Å²) in [4.78, 5) is 7.22. The lowest BCUT2D eigenvalue weighted by Gasteiger charge is -2.32. The van der Waals surface area contributed by atoms with Gasteiger partial charge in [0.15, 0.2) is 5.82 Å². The fraction of sp³-hybridized carbons (Fsp3) is 0.857. The molecular formula is C14H24N4OS. The lowest BCUT2D eigenvalue weighted by atomic mass is 10.1. The first-order valence-corrected chi connectivity index (χ1v) is 8.64. The molecule has 2 fully saturated rings. The minimum Gasteiger partial charge on any atom is -0.338 e. The van der Waals surface area contributed by atoms with Crippen LogP contribution in [0.5, 0.6) is 0 Å². The number of hydrogen-bond donors (Lipinski definition) is 1. The molecule has 2 aliphatic rings. The Kier molecular flexibility index (Phi) is 4.33. The zero-order valence-electron chi connectivity index (χ0n) is 12.4. The molecule has 1 N–H and O–H groups in total. The first kappa shape index (κ1) is 14.4. The molecule has 0 aromatic carbocycles. The number of piperazine rings is 1. The molecule has 0 aliphatic carbocycles. The molecule has 5 nitrogen and oxygen atoms in total. The maximum absolute atomic E-state index is 5.60. The van der Waals surface area contributed by atoms with E-state index in [-0.39, 0.29) is 4.75 Å². The van der Waals surface area contributed by atoms with Gasteiger partial charge in [-0.25, -0.2) is 0 Å². The lowest BCUT2D eigenvalue weighted by Crippen LogP contribution is -2.45. The summed E-state index contributed by atoms with van der Waals surface area (Å²) >= 11 is 1.95. The van der Waals surface area contributed by atoms with Crippen molar-refractivity contribution in [3.63, 3.8) is 0 Å². The zero-order valence-corrected chi connectivity index (χ0v) is 13.2. The summed E-state index contributed by atoms with van der Waals surface area (Å²) in [5.41, 5.74) is 0. The highest BCUT2D eigenvalue weighted by molar-refractivity contribution is 8.00. The predicted octanol–water partition coefficient (Wildman–Crippen LogP) is 2.17. The molecule has 0 radical (unpaired) electrons. The Morgan fingerprint density at radius 3 is 2.90 bits per heavy atom. The van der Waals surface area contributed by atoms with Crippen molar-refractivity contribution in [2.45, 2.75) is 43.9 Å². The lowest BCUT2D eigenvalue weighted by molar-refractivity contribution is 0.160. The van der Waals surface area contributed by atoms with Crippen LogP contribution in [0.3, 0.4) is 0 Å². The standard InChI is InChI=1S/C14H24N4OS/c1-3-11(18-8-6-15-7-9-18)12-16-13(19-17-12)14(2)5-4-10-20-14/h11,15H,3-10H2,1-2H3. The molecule has 3 heterocycles. The first-order valence-electron chi connectivity index (χ1n) is 7.66. The Morgan fingerprint density at radius 2 is 2.25 bits per heavy atom. The number of hydrogen-bond acceptors (Lipinski definition) is 6. The van der Waals surface area contributed by atoms with E-state index in [2.05, 4.69) is 29.2 Å². The fourth-order valence-electron chi connectivity index (χ4n) is 3.13. The van der Waals surface area contributed by atoms with E-state index in [1.807, 2.05) is 11.8 Å². The molecule has 3 rings (SSSR count). The van der Waals surface area contributed by atoms with Crippen molar-refractivity contribution in [1.29, 1.82) is 0 Å². The molecule has 2 saturated heterocycles. The molecule has 6 heteroatoms. The van der Waals surface area contributed by atoms with Crippen LogP contribution >= 0.6 is 11.8 Å². The van der Waals surface area contributed by atoms with E-state index in [0.717, 1.165) is 50.7 Å². The fourth-order valence-corrected chi connectivity index (χ4v) is 4.36. The van der Waals surface area contributed by atoms with E-state index in [0.29, 0.717) is 6.04 Å². The highest BCUT2D eigenvalue weighted by Crippen LogP contribution is 2.45. The van der Waals surface area contributed by atoms with Crippen LogP contribution in [0, 0.1) is 0 Å². The maximum Gasteiger partial charge on any atom is 0.242 e. The minimum atomic E-state index is 0.0347. The van der Waals surface area contributed by atoms with Gasteiger partial charge in [-0.05, 0) is 31.9 Å². The number of rotatable bonds is 4. The van der Waals surface area contributed by atoms with Crippen molar-refractivity contribution < 1.29 is 4.52 Å². The van der Waals surface area contributed by atoms with Gasteiger partial charge in [0, 0.05) is 26.2 Å². The summed E-state index contributed by atoms with van der Waals surface area (Å²) in [7, 11) is 0. The predicted molar refractivity (Wildman–Crippen MR) is 80.8 cm³/mol. The van der Waals surface area contributed by atoms with Crippen molar-refractivity contribution in [3.05, 3.63) is 11.7 Å². The van der Waals surface area contributed by atoms with Crippen LogP contribution in [-0.4, -0.2) is 47.0 Å². The molecule has 0 bridgehead atoms. The second kappa shape index (κ2) is 6.03. The summed E-state index contributed by atoms with van der Waals surface area (Å²) < 4.78 is 5.64. The highest BCUT2D eigenvalue weighted by atomic mass is 32.2. The SMILES string of the molecule is CCC(c1noc(C2(C)CCCS2)n1)N1CCNCC1. The topological polar surface area (TPSA) is 54.2 Å². The summed E-state index contributed by atoms with van der Waals surface area (Å²) in [6.45, 7) is 8.66. The quantitative estimate of drug-likeness (QED) is 0.919. The Hall–Kier alpha value is -0.590. The van der Waals surface area contributed by atoms with E-state index in [1.54, 1.807) is 0 Å². The molecule has 2 unspecified atom stereocenters. The van der Waals surface area contributed by atoms with Gasteiger partial charge in [-0.1, -0.05) is 12.1 Å². The summed E-state index contributed by atoms with van der Waals surface area (Å²) in [6.07, 6.45) is 3.42. The van der Waals surface area contributed by atoms with E-state index >= 15 is 0 Å². The second-order valence-corrected chi connectivity index (χ2v) is 7.45. The number of nitrogens with zero attached hydrogens (tertiary/aromatic N) is 3. The van der Waals surface area contributed by atoms with Gasteiger partial charge in [-0.3, -0.25) is 4.90 Å². The smallest absolute Gasteiger partial charge is 0.242 e. The molecule has 1 aromatic rings. The summed E-state index contributed by atoms with van der Waals surface area (Å²) in [5, 5.41) is 7.68. The molecule has 2 aliphatic heterocycles. The monoisotopic (exact) mass is 296 g/mol. The van der Waals surface area contributed by atoms with Crippen molar-refractivity contribution in [1.82, 2.24) is 20.4 Å². The van der Waals surface area contributed by atoms with Gasteiger partial charge in [0.2, 0.25) is 5.89 Å². The molecular weight excluding hydrogens is 272 g/mol. The van der Waals surface area contributed by atoms with Crippen molar-refractivity contribution >= 4 is 11.8 Å². The van der Waals surface area contributed by atoms with E-state index < -0.39 is 0 Å². The molecule has 2 atom stereocenters. The van der Waals surface area contributed by atoms with Gasteiger partial charge < -0.3 is 9.84 Å². The normalized spacial score (nSPS) is 29.7. The third-order valence-electron chi connectivity index (χ3n) is 4.39. The molecule has 112 valence electrons. The van der Waals surface area contributed by atoms with E-state index in [1.165, 1.54) is 12.2 Å². The average molecular weight is 296 g/mol. The van der Waals surface area contributed by atoms with Crippen molar-refractivity contribution in [3.8, 4) is 0 Å². The van der Waals surface area contributed by atoms with Crippen LogP contribution in [0.15, 0.2) is 4.52 Å². The van der Waals surface area contributed by atoms with Crippen LogP contribution < -0.4 is 5.32 Å². The van der Waals surface area contributed by atoms with Gasteiger partial charge in [0.1, 0.15) is 0 Å². The third-order valence-corrected chi connectivity index (χ3v) is 5.90. The highest BCUT2D eigenvalue weighted by Gasteiger charge is 2.38. The van der Waals surface area contributed by atoms with Crippen LogP contribution in [0.1, 0.15) is 50.9 Å². The van der Waals surface area contributed by atoms with Crippen LogP contribution in [-0.2, 0) is 4.75 Å². The number of thioether (sulfide) groups is 1. The van der Waals surface area contributed by atoms with Gasteiger partial charge in [0.05, 0.1) is 10.8 Å². The molecule has 0 spiro atoms. The number of nitrogens with one attached hydrogen (secondary N) is 1. The van der Waals surface area contributed by atoms with Gasteiger partial charge in [0.25, 0.3) is 0 Å². The average Bonchev–Trinajstić information content (AvgIpc) is 3.11. The summed E-state index contributed by atoms with van der Waals surface area (Å²) in [6, 6.07) is 0.296. The Bertz CT molecular complexity index is 438. The van der Waals surface area contributed by atoms with Gasteiger partial charge >= 0.3 is 0 Å². The van der Waals surface area contributed by atoms with Crippen molar-refractivity contribution in [2.24, 2.45) is 0 Å². The second-order valence-electron chi connectivity index (χ2n) is 5.85. The zero-order chi connectivity index (χ0) is 14.0. The molecule has 20 heavy (non-hydrogen) atoms. The first-order chi connectivity index (χ1) is 9.73. The Balaban J connectivity index is 1.77. The van der Waals surface area contributed by atoms with Crippen LogP contribution in [0.2, 0.25) is 0 Å². The van der Waals surface area contributed by atoms with Gasteiger partial charge in [-0.2, -0.15) is 4.98 Å². The number of aromatic nitrogens is 2. The maximum atomic E-state index is 5.60. The van der Waals surface area contributed by atoms with Crippen molar-refractivity contribution in [2.75, 3.05) is 31.9 Å². The molecule has 0 amide bonds. The minimum absolute atomic E-state index is 0.0347. The van der Waals surface area contributed by atoms with Crippen LogP contribution in [0.25, 0.3) is 0 Å². The molecule has 1 aromatic heterocycles. The third kappa shape index (κ3) is 2.73. The largest absolute Gasteiger partial charge is 0.338 e. The Morgan fingerprint density at radius 1 is 1.45 bits per heavy atom.